The summed E-state index contributed by atoms with van der Waals surface area (Å²) in [6.45, 7) is -0.656. The van der Waals surface area contributed by atoms with E-state index in [1.54, 1.807) is 12.1 Å². The summed E-state index contributed by atoms with van der Waals surface area (Å²) >= 11 is 7.15. The number of hydrogen-bond donors (Lipinski definition) is 5. The van der Waals surface area contributed by atoms with Crippen molar-refractivity contribution in [3.63, 3.8) is 0 Å². The van der Waals surface area contributed by atoms with Gasteiger partial charge in [0, 0.05) is 16.0 Å². The molecule has 0 saturated heterocycles. The molecule has 0 aliphatic carbocycles. The van der Waals surface area contributed by atoms with Gasteiger partial charge in [-0.15, -0.1) is 11.3 Å². The smallest absolute Gasteiger partial charge is 0.203 e. The second-order valence-electron chi connectivity index (χ2n) is 4.67. The van der Waals surface area contributed by atoms with Crippen LogP contribution in [-0.4, -0.2) is 56.5 Å². The van der Waals surface area contributed by atoms with Gasteiger partial charge in [-0.2, -0.15) is 5.10 Å². The minimum absolute atomic E-state index is 0.496. The number of rotatable bonds is 7. The molecule has 0 spiro atoms. The standard InChI is InChI=1S/C14H16ClN3O4S/c15-9-3-1-8(2-4-9)10-7-23-14(17-10)18-16-5-11(20)13(22)12(21)6-19/h1-5,7,11-13,19-22H,6H2,(H,17,18)/b16-5+/t11-,12-,13-/m1/s1. The van der Waals surface area contributed by atoms with Crippen molar-refractivity contribution in [2.75, 3.05) is 12.0 Å². The molecule has 0 aliphatic heterocycles. The predicted octanol–water partition coefficient (Wildman–Crippen LogP) is 0.936. The fourth-order valence-electron chi connectivity index (χ4n) is 1.67. The number of hydrazone groups is 1. The summed E-state index contributed by atoms with van der Waals surface area (Å²) in [6.07, 6.45) is -3.35. The number of nitrogens with zero attached hydrogens (tertiary/aromatic N) is 2. The monoisotopic (exact) mass is 357 g/mol. The Balaban J connectivity index is 1.94. The molecule has 2 rings (SSSR count). The van der Waals surface area contributed by atoms with Gasteiger partial charge in [0.2, 0.25) is 5.13 Å². The minimum Gasteiger partial charge on any atom is -0.394 e. The zero-order chi connectivity index (χ0) is 16.8. The second-order valence-corrected chi connectivity index (χ2v) is 5.96. The Labute approximate surface area is 141 Å². The molecule has 0 fully saturated rings. The van der Waals surface area contributed by atoms with Gasteiger partial charge in [0.05, 0.1) is 18.5 Å². The van der Waals surface area contributed by atoms with Crippen LogP contribution in [0, 0.1) is 0 Å². The van der Waals surface area contributed by atoms with E-state index in [4.69, 9.17) is 16.7 Å². The van der Waals surface area contributed by atoms with Crippen LogP contribution >= 0.6 is 22.9 Å². The van der Waals surface area contributed by atoms with Gasteiger partial charge in [-0.05, 0) is 12.1 Å². The summed E-state index contributed by atoms with van der Waals surface area (Å²) in [6, 6.07) is 7.24. The Morgan fingerprint density at radius 1 is 1.26 bits per heavy atom. The summed E-state index contributed by atoms with van der Waals surface area (Å²) < 4.78 is 0. The van der Waals surface area contributed by atoms with Gasteiger partial charge in [-0.1, -0.05) is 23.7 Å². The van der Waals surface area contributed by atoms with Crippen molar-refractivity contribution in [3.05, 3.63) is 34.7 Å². The largest absolute Gasteiger partial charge is 0.394 e. The average Bonchev–Trinajstić information content (AvgIpc) is 3.02. The maximum Gasteiger partial charge on any atom is 0.203 e. The predicted molar refractivity (Wildman–Crippen MR) is 89.8 cm³/mol. The Morgan fingerprint density at radius 2 is 1.96 bits per heavy atom. The van der Waals surface area contributed by atoms with Crippen LogP contribution in [0.3, 0.4) is 0 Å². The zero-order valence-corrected chi connectivity index (χ0v) is 13.4. The van der Waals surface area contributed by atoms with E-state index in [2.05, 4.69) is 15.5 Å². The van der Waals surface area contributed by atoms with Gasteiger partial charge in [0.15, 0.2) is 0 Å². The second kappa shape index (κ2) is 8.34. The van der Waals surface area contributed by atoms with Crippen molar-refractivity contribution in [2.24, 2.45) is 5.10 Å². The molecule has 3 atom stereocenters. The van der Waals surface area contributed by atoms with Crippen molar-refractivity contribution in [1.82, 2.24) is 4.98 Å². The molecular weight excluding hydrogens is 342 g/mol. The molecule has 0 bridgehead atoms. The number of aromatic nitrogens is 1. The summed E-state index contributed by atoms with van der Waals surface area (Å²) in [5.41, 5.74) is 4.28. The van der Waals surface area contributed by atoms with Crippen LogP contribution in [0.4, 0.5) is 5.13 Å². The number of anilines is 1. The zero-order valence-electron chi connectivity index (χ0n) is 11.9. The van der Waals surface area contributed by atoms with Crippen LogP contribution in [0.1, 0.15) is 0 Å². The van der Waals surface area contributed by atoms with Gasteiger partial charge < -0.3 is 20.4 Å². The van der Waals surface area contributed by atoms with Crippen molar-refractivity contribution in [1.29, 1.82) is 0 Å². The van der Waals surface area contributed by atoms with E-state index in [1.807, 2.05) is 17.5 Å². The molecule has 0 radical (unpaired) electrons. The first-order valence-corrected chi connectivity index (χ1v) is 7.92. The molecule has 9 heteroatoms. The normalized spacial score (nSPS) is 15.5. The van der Waals surface area contributed by atoms with Crippen LogP contribution in [-0.2, 0) is 0 Å². The number of thiazole rings is 1. The molecule has 23 heavy (non-hydrogen) atoms. The fraction of sp³-hybridized carbons (Fsp3) is 0.286. The number of halogens is 1. The molecule has 2 aromatic rings. The van der Waals surface area contributed by atoms with Crippen LogP contribution < -0.4 is 5.43 Å². The van der Waals surface area contributed by atoms with Crippen LogP contribution in [0.5, 0.6) is 0 Å². The van der Waals surface area contributed by atoms with Gasteiger partial charge >= 0.3 is 0 Å². The molecule has 5 N–H and O–H groups in total. The Bertz CT molecular complexity index is 650. The van der Waals surface area contributed by atoms with Gasteiger partial charge in [0.25, 0.3) is 0 Å². The van der Waals surface area contributed by atoms with Crippen LogP contribution in [0.2, 0.25) is 5.02 Å². The highest BCUT2D eigenvalue weighted by Gasteiger charge is 2.22. The van der Waals surface area contributed by atoms with Gasteiger partial charge in [-0.3, -0.25) is 5.43 Å². The number of nitrogens with one attached hydrogen (secondary N) is 1. The molecule has 1 aromatic carbocycles. The van der Waals surface area contributed by atoms with E-state index < -0.39 is 24.9 Å². The highest BCUT2D eigenvalue weighted by Crippen LogP contribution is 2.25. The number of benzene rings is 1. The van der Waals surface area contributed by atoms with Crippen LogP contribution in [0.25, 0.3) is 11.3 Å². The van der Waals surface area contributed by atoms with E-state index in [-0.39, 0.29) is 0 Å². The lowest BCUT2D eigenvalue weighted by molar-refractivity contribution is -0.0541. The summed E-state index contributed by atoms with van der Waals surface area (Å²) in [5, 5.41) is 43.6. The first-order valence-electron chi connectivity index (χ1n) is 6.67. The average molecular weight is 358 g/mol. The molecule has 1 heterocycles. The number of aliphatic hydroxyl groups is 4. The third-order valence-corrected chi connectivity index (χ3v) is 3.96. The molecule has 0 amide bonds. The van der Waals surface area contributed by atoms with E-state index in [0.29, 0.717) is 10.2 Å². The molecule has 7 nitrogen and oxygen atoms in total. The SMILES string of the molecule is OC[C@@H](O)[C@H](O)[C@H](O)/C=N/Nc1nc(-c2ccc(Cl)cc2)cs1. The maximum atomic E-state index is 9.57. The topological polar surface area (TPSA) is 118 Å². The van der Waals surface area contributed by atoms with Crippen molar-refractivity contribution in [3.8, 4) is 11.3 Å². The Morgan fingerprint density at radius 3 is 2.61 bits per heavy atom. The lowest BCUT2D eigenvalue weighted by atomic mass is 10.1. The summed E-state index contributed by atoms with van der Waals surface area (Å²) in [5.74, 6) is 0. The number of hydrogen-bond acceptors (Lipinski definition) is 8. The lowest BCUT2D eigenvalue weighted by Gasteiger charge is -2.17. The van der Waals surface area contributed by atoms with Crippen molar-refractivity contribution < 1.29 is 20.4 Å². The van der Waals surface area contributed by atoms with E-state index in [1.165, 1.54) is 11.3 Å². The highest BCUT2D eigenvalue weighted by molar-refractivity contribution is 7.14. The fourth-order valence-corrected chi connectivity index (χ4v) is 2.47. The van der Waals surface area contributed by atoms with Crippen molar-refractivity contribution >= 4 is 34.3 Å². The Kier molecular flexibility index (Phi) is 6.46. The maximum absolute atomic E-state index is 9.57. The highest BCUT2D eigenvalue weighted by atomic mass is 35.5. The molecular formula is C14H16ClN3O4S. The van der Waals surface area contributed by atoms with Crippen LogP contribution in [0.15, 0.2) is 34.7 Å². The third kappa shape index (κ3) is 4.96. The Hall–Kier alpha value is -1.55. The molecule has 0 aliphatic rings. The molecule has 1 aromatic heterocycles. The first-order chi connectivity index (χ1) is 11.0. The third-order valence-electron chi connectivity index (χ3n) is 2.96. The molecule has 0 unspecified atom stereocenters. The molecule has 124 valence electrons. The first kappa shape index (κ1) is 17.8. The summed E-state index contributed by atoms with van der Waals surface area (Å²) in [7, 11) is 0. The van der Waals surface area contributed by atoms with E-state index in [0.717, 1.165) is 17.5 Å². The lowest BCUT2D eigenvalue weighted by Crippen LogP contribution is -2.40. The quantitative estimate of drug-likeness (QED) is 0.372. The minimum atomic E-state index is -1.52. The van der Waals surface area contributed by atoms with Gasteiger partial charge in [0.1, 0.15) is 18.3 Å². The number of aliphatic hydroxyl groups excluding tert-OH is 4. The summed E-state index contributed by atoms with van der Waals surface area (Å²) in [4.78, 5) is 4.32. The van der Waals surface area contributed by atoms with E-state index in [9.17, 15) is 15.3 Å². The van der Waals surface area contributed by atoms with Gasteiger partial charge in [-0.25, -0.2) is 4.98 Å². The van der Waals surface area contributed by atoms with Crippen molar-refractivity contribution in [2.45, 2.75) is 18.3 Å². The molecule has 0 saturated carbocycles. The van der Waals surface area contributed by atoms with E-state index >= 15 is 0 Å².